The van der Waals surface area contributed by atoms with Gasteiger partial charge in [-0.1, -0.05) is 26.8 Å². The zero-order chi connectivity index (χ0) is 5.91. The van der Waals surface area contributed by atoms with Crippen LogP contribution in [0.2, 0.25) is 0 Å². The average molecular weight is 102 g/mol. The van der Waals surface area contributed by atoms with E-state index in [-0.39, 0.29) is 5.41 Å². The Balaban J connectivity index is 3.56. The average Bonchev–Trinajstić information content (AvgIpc) is 1.30. The fraction of sp³-hybridized carbons (Fsp3) is 0.667. The molecule has 0 rings (SSSR count). The van der Waals surface area contributed by atoms with E-state index in [0.29, 0.717) is 6.33 Å². The highest BCUT2D eigenvalue weighted by Crippen LogP contribution is 2.13. The molecule has 0 bridgehead atoms. The minimum atomic E-state index is -0.00521. The number of allylic oxidation sites excluding steroid dienone is 1. The summed E-state index contributed by atoms with van der Waals surface area (Å²) in [4.78, 5) is 0. The fourth-order valence-electron chi connectivity index (χ4n) is 0.189. The van der Waals surface area contributed by atoms with Crippen molar-refractivity contribution in [2.75, 3.05) is 0 Å². The van der Waals surface area contributed by atoms with Crippen molar-refractivity contribution in [2.24, 2.45) is 5.41 Å². The quantitative estimate of drug-likeness (QED) is 0.441. The van der Waals surface area contributed by atoms with Crippen LogP contribution in [-0.2, 0) is 0 Å². The van der Waals surface area contributed by atoms with Crippen molar-refractivity contribution in [3.05, 3.63) is 12.4 Å². The summed E-state index contributed by atoms with van der Waals surface area (Å²) in [5, 5.41) is 0. The van der Waals surface area contributed by atoms with Gasteiger partial charge < -0.3 is 0 Å². The monoisotopic (exact) mass is 102 g/mol. The summed E-state index contributed by atoms with van der Waals surface area (Å²) in [7, 11) is 0. The summed E-state index contributed by atoms with van der Waals surface area (Å²) >= 11 is 0. The van der Waals surface area contributed by atoms with Gasteiger partial charge in [0.25, 0.3) is 0 Å². The van der Waals surface area contributed by atoms with Crippen molar-refractivity contribution in [1.82, 2.24) is 0 Å². The van der Waals surface area contributed by atoms with E-state index in [1.54, 1.807) is 0 Å². The van der Waals surface area contributed by atoms with Crippen molar-refractivity contribution in [3.8, 4) is 0 Å². The highest BCUT2D eigenvalue weighted by molar-refractivity contribution is 4.86. The molecule has 1 heteroatoms. The van der Waals surface area contributed by atoms with Gasteiger partial charge >= 0.3 is 0 Å². The molecule has 0 atom stereocenters. The van der Waals surface area contributed by atoms with Crippen LogP contribution in [0.1, 0.15) is 20.8 Å². The van der Waals surface area contributed by atoms with Crippen molar-refractivity contribution in [2.45, 2.75) is 20.8 Å². The first-order valence-corrected chi connectivity index (χ1v) is 2.34. The lowest BCUT2D eigenvalue weighted by molar-refractivity contribution is 0.529. The lowest BCUT2D eigenvalue weighted by atomic mass is 9.98. The van der Waals surface area contributed by atoms with Gasteiger partial charge in [0.05, 0.1) is 6.33 Å². The molecule has 0 nitrogen and oxygen atoms in total. The first kappa shape index (κ1) is 6.67. The van der Waals surface area contributed by atoms with Crippen LogP contribution in [0.4, 0.5) is 4.39 Å². The van der Waals surface area contributed by atoms with E-state index < -0.39 is 0 Å². The Bertz CT molecular complexity index is 66.7. The number of hydrogen-bond acceptors (Lipinski definition) is 0. The molecule has 0 aromatic rings. The Hall–Kier alpha value is -0.330. The van der Waals surface area contributed by atoms with Gasteiger partial charge in [0.2, 0.25) is 0 Å². The Labute approximate surface area is 44.0 Å². The second-order valence-corrected chi connectivity index (χ2v) is 2.66. The smallest absolute Gasteiger partial charge is 0.0832 e. The molecular formula is C6H11F. The molecule has 0 amide bonds. The SMILES string of the molecule is CC(C)(C)/C=C/F. The van der Waals surface area contributed by atoms with Crippen LogP contribution >= 0.6 is 0 Å². The van der Waals surface area contributed by atoms with Gasteiger partial charge in [-0.2, -0.15) is 0 Å². The van der Waals surface area contributed by atoms with Crippen LogP contribution in [0.5, 0.6) is 0 Å². The molecule has 7 heavy (non-hydrogen) atoms. The van der Waals surface area contributed by atoms with Gasteiger partial charge in [-0.15, -0.1) is 0 Å². The van der Waals surface area contributed by atoms with Crippen molar-refractivity contribution in [3.63, 3.8) is 0 Å². The van der Waals surface area contributed by atoms with Crippen LogP contribution in [0, 0.1) is 5.41 Å². The largest absolute Gasteiger partial charge is 0.216 e. The minimum absolute atomic E-state index is 0.00521. The van der Waals surface area contributed by atoms with Crippen molar-refractivity contribution >= 4 is 0 Å². The number of rotatable bonds is 0. The van der Waals surface area contributed by atoms with Gasteiger partial charge in [0, 0.05) is 0 Å². The normalized spacial score (nSPS) is 13.1. The lowest BCUT2D eigenvalue weighted by Crippen LogP contribution is -1.97. The third-order valence-corrected chi connectivity index (χ3v) is 0.563. The van der Waals surface area contributed by atoms with Crippen LogP contribution in [0.25, 0.3) is 0 Å². The molecule has 0 heterocycles. The second-order valence-electron chi connectivity index (χ2n) is 2.66. The zero-order valence-corrected chi connectivity index (χ0v) is 5.03. The predicted molar refractivity (Wildman–Crippen MR) is 29.7 cm³/mol. The molecule has 42 valence electrons. The van der Waals surface area contributed by atoms with Gasteiger partial charge in [0.1, 0.15) is 0 Å². The van der Waals surface area contributed by atoms with E-state index in [1.807, 2.05) is 20.8 Å². The van der Waals surface area contributed by atoms with Gasteiger partial charge in [-0.05, 0) is 5.41 Å². The lowest BCUT2D eigenvalue weighted by Gasteiger charge is -2.08. The summed E-state index contributed by atoms with van der Waals surface area (Å²) in [5.74, 6) is 0. The number of hydrogen-bond donors (Lipinski definition) is 0. The minimum Gasteiger partial charge on any atom is -0.216 e. The predicted octanol–water partition coefficient (Wildman–Crippen LogP) is 2.52. The van der Waals surface area contributed by atoms with Crippen LogP contribution < -0.4 is 0 Å². The molecule has 0 unspecified atom stereocenters. The third-order valence-electron chi connectivity index (χ3n) is 0.563. The number of halogens is 1. The standard InChI is InChI=1S/C6H11F/c1-6(2,3)4-5-7/h4-5H,1-3H3/b5-4+. The molecule has 0 aliphatic heterocycles. The van der Waals surface area contributed by atoms with Gasteiger partial charge in [-0.3, -0.25) is 0 Å². The summed E-state index contributed by atoms with van der Waals surface area (Å²) in [6.45, 7) is 5.84. The van der Waals surface area contributed by atoms with Crippen molar-refractivity contribution < 1.29 is 4.39 Å². The molecule has 0 aromatic carbocycles. The molecule has 0 fully saturated rings. The maximum atomic E-state index is 11.3. The third kappa shape index (κ3) is 5.67. The molecule has 0 radical (unpaired) electrons. The van der Waals surface area contributed by atoms with Gasteiger partial charge in [0.15, 0.2) is 0 Å². The molecule has 0 aliphatic rings. The highest BCUT2D eigenvalue weighted by atomic mass is 19.1. The first-order chi connectivity index (χ1) is 3.06. The molecular weight excluding hydrogens is 91.1 g/mol. The summed E-state index contributed by atoms with van der Waals surface area (Å²) in [6, 6.07) is 0. The molecule has 0 aromatic heterocycles. The Morgan fingerprint density at radius 1 is 1.29 bits per heavy atom. The van der Waals surface area contributed by atoms with Crippen LogP contribution in [0.15, 0.2) is 12.4 Å². The second kappa shape index (κ2) is 2.10. The summed E-state index contributed by atoms with van der Waals surface area (Å²) in [5.41, 5.74) is -0.00521. The van der Waals surface area contributed by atoms with E-state index in [9.17, 15) is 4.39 Å². The zero-order valence-electron chi connectivity index (χ0n) is 5.03. The Morgan fingerprint density at radius 2 is 1.71 bits per heavy atom. The molecule has 0 saturated carbocycles. The molecule has 0 saturated heterocycles. The van der Waals surface area contributed by atoms with E-state index in [0.717, 1.165) is 0 Å². The summed E-state index contributed by atoms with van der Waals surface area (Å²) in [6.07, 6.45) is 2.10. The fourth-order valence-corrected chi connectivity index (χ4v) is 0.189. The van der Waals surface area contributed by atoms with Crippen molar-refractivity contribution in [1.29, 1.82) is 0 Å². The van der Waals surface area contributed by atoms with E-state index in [4.69, 9.17) is 0 Å². The van der Waals surface area contributed by atoms with Gasteiger partial charge in [-0.25, -0.2) is 4.39 Å². The highest BCUT2D eigenvalue weighted by Gasteiger charge is 2.01. The van der Waals surface area contributed by atoms with Crippen LogP contribution in [0.3, 0.4) is 0 Å². The summed E-state index contributed by atoms with van der Waals surface area (Å²) < 4.78 is 11.3. The topological polar surface area (TPSA) is 0 Å². The van der Waals surface area contributed by atoms with E-state index >= 15 is 0 Å². The first-order valence-electron chi connectivity index (χ1n) is 2.34. The van der Waals surface area contributed by atoms with E-state index in [2.05, 4.69) is 0 Å². The molecule has 0 N–H and O–H groups in total. The maximum Gasteiger partial charge on any atom is 0.0832 e. The Morgan fingerprint density at radius 3 is 1.71 bits per heavy atom. The maximum absolute atomic E-state index is 11.3. The molecule has 0 aliphatic carbocycles. The Kier molecular flexibility index (Phi) is 2.00. The van der Waals surface area contributed by atoms with Crippen LogP contribution in [-0.4, -0.2) is 0 Å². The molecule has 0 spiro atoms. The van der Waals surface area contributed by atoms with E-state index in [1.165, 1.54) is 6.08 Å².